The number of fused-ring (bicyclic) bond motifs is 1. The lowest BCUT2D eigenvalue weighted by atomic mass is 10.0. The fourth-order valence-corrected chi connectivity index (χ4v) is 4.54. The number of aromatic nitrogens is 2. The van der Waals surface area contributed by atoms with Crippen LogP contribution in [0.5, 0.6) is 0 Å². The summed E-state index contributed by atoms with van der Waals surface area (Å²) in [5, 5.41) is 0. The standard InChI is InChI=1S/C19H29N5O2/c1-2-26-19(25)23-11-9-22(10-12-23)15-5-4-8-24(13-15)18-16-6-3-7-17(16)20-14-21-18/h14-15H,2-13H2,1H3/t15-/m0/s1. The topological polar surface area (TPSA) is 61.8 Å². The van der Waals surface area contributed by atoms with Crippen molar-refractivity contribution in [3.8, 4) is 0 Å². The van der Waals surface area contributed by atoms with Gasteiger partial charge in [-0.1, -0.05) is 0 Å². The molecule has 4 rings (SSSR count). The lowest BCUT2D eigenvalue weighted by Gasteiger charge is -2.43. The second kappa shape index (κ2) is 7.78. The lowest BCUT2D eigenvalue weighted by molar-refractivity contribution is 0.0629. The van der Waals surface area contributed by atoms with Crippen molar-refractivity contribution >= 4 is 11.9 Å². The zero-order chi connectivity index (χ0) is 17.9. The number of rotatable bonds is 3. The highest BCUT2D eigenvalue weighted by Gasteiger charge is 2.31. The first-order chi connectivity index (χ1) is 12.8. The van der Waals surface area contributed by atoms with E-state index in [9.17, 15) is 4.79 Å². The fraction of sp³-hybridized carbons (Fsp3) is 0.737. The summed E-state index contributed by atoms with van der Waals surface area (Å²) in [6, 6.07) is 0.542. The van der Waals surface area contributed by atoms with Gasteiger partial charge in [-0.2, -0.15) is 0 Å². The number of anilines is 1. The van der Waals surface area contributed by atoms with Crippen LogP contribution in [-0.2, 0) is 17.6 Å². The molecule has 0 unspecified atom stereocenters. The number of amides is 1. The fourth-order valence-electron chi connectivity index (χ4n) is 4.54. The molecule has 7 heteroatoms. The average molecular weight is 359 g/mol. The number of hydrogen-bond acceptors (Lipinski definition) is 6. The van der Waals surface area contributed by atoms with Crippen molar-refractivity contribution in [3.63, 3.8) is 0 Å². The Bertz CT molecular complexity index is 645. The van der Waals surface area contributed by atoms with Crippen LogP contribution in [0, 0.1) is 0 Å². The summed E-state index contributed by atoms with van der Waals surface area (Å²) in [5.41, 5.74) is 2.63. The molecule has 1 atom stereocenters. The number of carbonyl (C=O) groups is 1. The van der Waals surface area contributed by atoms with Crippen LogP contribution in [0.25, 0.3) is 0 Å². The summed E-state index contributed by atoms with van der Waals surface area (Å²) in [4.78, 5) is 27.8. The van der Waals surface area contributed by atoms with Gasteiger partial charge in [-0.05, 0) is 39.0 Å². The molecule has 3 heterocycles. The van der Waals surface area contributed by atoms with Crippen molar-refractivity contribution in [2.45, 2.75) is 45.1 Å². The van der Waals surface area contributed by atoms with Gasteiger partial charge in [0.2, 0.25) is 0 Å². The van der Waals surface area contributed by atoms with Crippen molar-refractivity contribution in [2.24, 2.45) is 0 Å². The van der Waals surface area contributed by atoms with E-state index in [1.807, 2.05) is 11.8 Å². The Kier molecular flexibility index (Phi) is 5.24. The van der Waals surface area contributed by atoms with Crippen LogP contribution < -0.4 is 4.90 Å². The number of piperidine rings is 1. The quantitative estimate of drug-likeness (QED) is 0.819. The maximum Gasteiger partial charge on any atom is 0.409 e. The van der Waals surface area contributed by atoms with Crippen molar-refractivity contribution in [1.29, 1.82) is 0 Å². The van der Waals surface area contributed by atoms with E-state index in [0.717, 1.165) is 52.1 Å². The molecule has 1 aliphatic carbocycles. The Labute approximate surface area is 155 Å². The molecule has 0 saturated carbocycles. The van der Waals surface area contributed by atoms with E-state index in [4.69, 9.17) is 4.74 Å². The number of ether oxygens (including phenoxy) is 1. The molecule has 0 radical (unpaired) electrons. The van der Waals surface area contributed by atoms with Gasteiger partial charge < -0.3 is 14.5 Å². The molecule has 0 spiro atoms. The number of hydrogen-bond donors (Lipinski definition) is 0. The van der Waals surface area contributed by atoms with Crippen LogP contribution in [0.15, 0.2) is 6.33 Å². The first-order valence-corrected chi connectivity index (χ1v) is 9.99. The third-order valence-corrected chi connectivity index (χ3v) is 5.90. The molecule has 0 aromatic carbocycles. The molecule has 3 aliphatic rings. The molecule has 1 aromatic rings. The maximum absolute atomic E-state index is 11.9. The van der Waals surface area contributed by atoms with Gasteiger partial charge in [0.15, 0.2) is 0 Å². The molecular formula is C19H29N5O2. The van der Waals surface area contributed by atoms with E-state index >= 15 is 0 Å². The van der Waals surface area contributed by atoms with Crippen molar-refractivity contribution in [1.82, 2.24) is 19.8 Å². The molecule has 7 nitrogen and oxygen atoms in total. The highest BCUT2D eigenvalue weighted by molar-refractivity contribution is 5.67. The lowest BCUT2D eigenvalue weighted by Crippen LogP contribution is -2.56. The third-order valence-electron chi connectivity index (χ3n) is 5.90. The van der Waals surface area contributed by atoms with Crippen LogP contribution in [0.3, 0.4) is 0 Å². The van der Waals surface area contributed by atoms with E-state index in [1.165, 1.54) is 36.3 Å². The van der Waals surface area contributed by atoms with Crippen LogP contribution >= 0.6 is 0 Å². The van der Waals surface area contributed by atoms with Gasteiger partial charge in [0, 0.05) is 56.6 Å². The van der Waals surface area contributed by atoms with E-state index < -0.39 is 0 Å². The Morgan fingerprint density at radius 1 is 1.15 bits per heavy atom. The predicted octanol–water partition coefficient (Wildman–Crippen LogP) is 1.71. The van der Waals surface area contributed by atoms with Crippen LogP contribution in [-0.4, -0.2) is 77.8 Å². The summed E-state index contributed by atoms with van der Waals surface area (Å²) in [7, 11) is 0. The highest BCUT2D eigenvalue weighted by atomic mass is 16.6. The molecule has 142 valence electrons. The third kappa shape index (κ3) is 3.49. The number of aryl methyl sites for hydroxylation is 1. The molecule has 0 N–H and O–H groups in total. The average Bonchev–Trinajstić information content (AvgIpc) is 3.17. The maximum atomic E-state index is 11.9. The summed E-state index contributed by atoms with van der Waals surface area (Å²) in [5.74, 6) is 1.17. The number of nitrogens with zero attached hydrogens (tertiary/aromatic N) is 5. The minimum atomic E-state index is -0.172. The monoisotopic (exact) mass is 359 g/mol. The van der Waals surface area contributed by atoms with Crippen molar-refractivity contribution in [3.05, 3.63) is 17.6 Å². The Balaban J connectivity index is 1.38. The van der Waals surface area contributed by atoms with Gasteiger partial charge in [-0.25, -0.2) is 14.8 Å². The Hall–Kier alpha value is -1.89. The zero-order valence-electron chi connectivity index (χ0n) is 15.7. The second-order valence-corrected chi connectivity index (χ2v) is 7.44. The van der Waals surface area contributed by atoms with Gasteiger partial charge >= 0.3 is 6.09 Å². The molecule has 26 heavy (non-hydrogen) atoms. The smallest absolute Gasteiger partial charge is 0.409 e. The Morgan fingerprint density at radius 2 is 2.00 bits per heavy atom. The molecule has 2 saturated heterocycles. The molecule has 0 bridgehead atoms. The normalized spacial score (nSPS) is 23.8. The predicted molar refractivity (Wildman–Crippen MR) is 99.5 cm³/mol. The van der Waals surface area contributed by atoms with Crippen molar-refractivity contribution in [2.75, 3.05) is 50.8 Å². The summed E-state index contributed by atoms with van der Waals surface area (Å²) < 4.78 is 5.13. The van der Waals surface area contributed by atoms with E-state index in [2.05, 4.69) is 19.8 Å². The second-order valence-electron chi connectivity index (χ2n) is 7.44. The van der Waals surface area contributed by atoms with E-state index in [1.54, 1.807) is 6.33 Å². The largest absolute Gasteiger partial charge is 0.450 e. The van der Waals surface area contributed by atoms with Gasteiger partial charge in [0.05, 0.1) is 6.61 Å². The van der Waals surface area contributed by atoms with E-state index in [-0.39, 0.29) is 6.09 Å². The molecule has 1 aromatic heterocycles. The van der Waals surface area contributed by atoms with E-state index in [0.29, 0.717) is 12.6 Å². The zero-order valence-corrected chi connectivity index (χ0v) is 15.7. The molecule has 1 amide bonds. The van der Waals surface area contributed by atoms with Gasteiger partial charge in [0.1, 0.15) is 12.1 Å². The molecule has 2 fully saturated rings. The van der Waals surface area contributed by atoms with Crippen molar-refractivity contribution < 1.29 is 9.53 Å². The van der Waals surface area contributed by atoms with Gasteiger partial charge in [-0.3, -0.25) is 4.90 Å². The Morgan fingerprint density at radius 3 is 2.81 bits per heavy atom. The van der Waals surface area contributed by atoms with Crippen LogP contribution in [0.2, 0.25) is 0 Å². The molecule has 2 aliphatic heterocycles. The van der Waals surface area contributed by atoms with Gasteiger partial charge in [0.25, 0.3) is 0 Å². The number of piperazine rings is 1. The van der Waals surface area contributed by atoms with Crippen LogP contribution in [0.4, 0.5) is 10.6 Å². The minimum absolute atomic E-state index is 0.172. The SMILES string of the molecule is CCOC(=O)N1CCN([C@H]2CCCN(c3ncnc4c3CCC4)C2)CC1. The summed E-state index contributed by atoms with van der Waals surface area (Å²) in [6.45, 7) is 7.80. The minimum Gasteiger partial charge on any atom is -0.450 e. The summed E-state index contributed by atoms with van der Waals surface area (Å²) in [6.07, 6.45) is 7.40. The van der Waals surface area contributed by atoms with Gasteiger partial charge in [-0.15, -0.1) is 0 Å². The highest BCUT2D eigenvalue weighted by Crippen LogP contribution is 2.30. The first kappa shape index (κ1) is 17.5. The van der Waals surface area contributed by atoms with Crippen LogP contribution in [0.1, 0.15) is 37.4 Å². The first-order valence-electron chi connectivity index (χ1n) is 9.99. The summed E-state index contributed by atoms with van der Waals surface area (Å²) >= 11 is 0. The molecular weight excluding hydrogens is 330 g/mol. The number of carbonyl (C=O) groups excluding carboxylic acids is 1.